The van der Waals surface area contributed by atoms with E-state index in [-0.39, 0.29) is 17.7 Å². The standard InChI is InChI=1S/C20H24FN5O2S/c1-11(14-6-8-17(28-4)16(21)10-14)22-18(27)9-7-15-12(2)23-19-24-20(29-5)25-26(19)13(15)3/h6,8,10-11H,7,9H2,1-5H3,(H,22,27). The van der Waals surface area contributed by atoms with Crippen LogP contribution in [0.15, 0.2) is 23.4 Å². The second-order valence-corrected chi connectivity index (χ2v) is 7.53. The second kappa shape index (κ2) is 8.77. The molecule has 0 aliphatic heterocycles. The molecule has 1 aromatic carbocycles. The fraction of sp³-hybridized carbons (Fsp3) is 0.400. The van der Waals surface area contributed by atoms with Gasteiger partial charge in [-0.2, -0.15) is 4.98 Å². The number of carbonyl (C=O) groups is 1. The van der Waals surface area contributed by atoms with Gasteiger partial charge in [-0.05, 0) is 56.7 Å². The monoisotopic (exact) mass is 417 g/mol. The molecule has 3 rings (SSSR count). The van der Waals surface area contributed by atoms with Crippen molar-refractivity contribution >= 4 is 23.4 Å². The molecule has 0 fully saturated rings. The molecule has 1 N–H and O–H groups in total. The highest BCUT2D eigenvalue weighted by Crippen LogP contribution is 2.22. The Labute approximate surface area is 173 Å². The van der Waals surface area contributed by atoms with E-state index in [4.69, 9.17) is 4.74 Å². The molecule has 0 saturated carbocycles. The Bertz CT molecular complexity index is 1050. The molecule has 1 unspecified atom stereocenters. The Morgan fingerprint density at radius 1 is 1.34 bits per heavy atom. The van der Waals surface area contributed by atoms with Gasteiger partial charge in [-0.1, -0.05) is 17.8 Å². The minimum absolute atomic E-state index is 0.115. The number of nitrogens with zero attached hydrogens (tertiary/aromatic N) is 4. The number of fused-ring (bicyclic) bond motifs is 1. The minimum Gasteiger partial charge on any atom is -0.494 e. The normalized spacial score (nSPS) is 12.2. The van der Waals surface area contributed by atoms with Crippen LogP contribution in [0.3, 0.4) is 0 Å². The molecule has 29 heavy (non-hydrogen) atoms. The van der Waals surface area contributed by atoms with Crippen LogP contribution < -0.4 is 10.1 Å². The summed E-state index contributed by atoms with van der Waals surface area (Å²) in [5, 5.41) is 8.01. The molecule has 2 aromatic heterocycles. The molecule has 0 bridgehead atoms. The predicted octanol–water partition coefficient (Wildman–Crippen LogP) is 3.42. The van der Waals surface area contributed by atoms with Crippen LogP contribution >= 0.6 is 11.8 Å². The van der Waals surface area contributed by atoms with Gasteiger partial charge in [0.15, 0.2) is 11.6 Å². The van der Waals surface area contributed by atoms with Crippen LogP contribution in [0, 0.1) is 19.7 Å². The van der Waals surface area contributed by atoms with E-state index in [1.165, 1.54) is 24.9 Å². The number of hydrogen-bond donors (Lipinski definition) is 1. The summed E-state index contributed by atoms with van der Waals surface area (Å²) < 4.78 is 20.5. The van der Waals surface area contributed by atoms with Gasteiger partial charge < -0.3 is 10.1 Å². The van der Waals surface area contributed by atoms with Crippen molar-refractivity contribution in [1.29, 1.82) is 0 Å². The number of aryl methyl sites for hydroxylation is 2. The third-order valence-corrected chi connectivity index (χ3v) is 5.41. The van der Waals surface area contributed by atoms with Crippen LogP contribution in [0.4, 0.5) is 4.39 Å². The molecule has 0 spiro atoms. The zero-order valence-corrected chi connectivity index (χ0v) is 17.9. The molecule has 0 radical (unpaired) electrons. The van der Waals surface area contributed by atoms with Crippen LogP contribution in [0.25, 0.3) is 5.78 Å². The molecule has 0 aliphatic rings. The van der Waals surface area contributed by atoms with Crippen LogP contribution in [0.2, 0.25) is 0 Å². The van der Waals surface area contributed by atoms with E-state index in [9.17, 15) is 9.18 Å². The summed E-state index contributed by atoms with van der Waals surface area (Å²) in [4.78, 5) is 21.3. The molecule has 9 heteroatoms. The van der Waals surface area contributed by atoms with E-state index in [1.54, 1.807) is 16.6 Å². The Kier molecular flexibility index (Phi) is 6.36. The van der Waals surface area contributed by atoms with Gasteiger partial charge in [0.2, 0.25) is 11.1 Å². The van der Waals surface area contributed by atoms with Crippen molar-refractivity contribution < 1.29 is 13.9 Å². The molecular formula is C20H24FN5O2S. The van der Waals surface area contributed by atoms with E-state index in [0.717, 1.165) is 17.0 Å². The van der Waals surface area contributed by atoms with Gasteiger partial charge >= 0.3 is 0 Å². The summed E-state index contributed by atoms with van der Waals surface area (Å²) in [5.74, 6) is 0.178. The largest absolute Gasteiger partial charge is 0.494 e. The number of amides is 1. The van der Waals surface area contributed by atoms with Crippen LogP contribution in [-0.4, -0.2) is 38.9 Å². The summed E-state index contributed by atoms with van der Waals surface area (Å²) in [6, 6.07) is 4.36. The van der Waals surface area contributed by atoms with Gasteiger partial charge in [0.1, 0.15) is 0 Å². The van der Waals surface area contributed by atoms with Crippen LogP contribution in [-0.2, 0) is 11.2 Å². The van der Waals surface area contributed by atoms with E-state index in [0.29, 0.717) is 29.3 Å². The fourth-order valence-electron chi connectivity index (χ4n) is 3.23. The lowest BCUT2D eigenvalue weighted by molar-refractivity contribution is -0.121. The van der Waals surface area contributed by atoms with Crippen molar-refractivity contribution in [1.82, 2.24) is 24.9 Å². The number of rotatable bonds is 7. The van der Waals surface area contributed by atoms with E-state index >= 15 is 0 Å². The summed E-state index contributed by atoms with van der Waals surface area (Å²) >= 11 is 1.46. The molecule has 1 atom stereocenters. The van der Waals surface area contributed by atoms with E-state index < -0.39 is 5.82 Å². The number of halogens is 1. The zero-order valence-electron chi connectivity index (χ0n) is 17.1. The smallest absolute Gasteiger partial charge is 0.253 e. The number of hydrogen-bond acceptors (Lipinski definition) is 6. The fourth-order valence-corrected chi connectivity index (χ4v) is 3.56. The van der Waals surface area contributed by atoms with Gasteiger partial charge in [-0.15, -0.1) is 5.10 Å². The Hall–Kier alpha value is -2.68. The van der Waals surface area contributed by atoms with E-state index in [2.05, 4.69) is 20.4 Å². The van der Waals surface area contributed by atoms with Crippen molar-refractivity contribution in [2.45, 2.75) is 44.8 Å². The Morgan fingerprint density at radius 3 is 2.76 bits per heavy atom. The average molecular weight is 418 g/mol. The SMILES string of the molecule is COc1ccc(C(C)NC(=O)CCc2c(C)nc3nc(SC)nn3c2C)cc1F. The molecule has 0 saturated heterocycles. The average Bonchev–Trinajstić information content (AvgIpc) is 3.11. The number of nitrogens with one attached hydrogen (secondary N) is 1. The molecule has 1 amide bonds. The van der Waals surface area contributed by atoms with E-state index in [1.807, 2.05) is 27.0 Å². The molecular weight excluding hydrogens is 393 g/mol. The molecule has 154 valence electrons. The Morgan fingerprint density at radius 2 is 2.10 bits per heavy atom. The highest BCUT2D eigenvalue weighted by atomic mass is 32.2. The lowest BCUT2D eigenvalue weighted by Crippen LogP contribution is -2.27. The number of thioether (sulfide) groups is 1. The highest BCUT2D eigenvalue weighted by molar-refractivity contribution is 7.98. The lowest BCUT2D eigenvalue weighted by Gasteiger charge is -2.16. The summed E-state index contributed by atoms with van der Waals surface area (Å²) in [5.41, 5.74) is 3.43. The topological polar surface area (TPSA) is 81.4 Å². The first-order chi connectivity index (χ1) is 13.8. The zero-order chi connectivity index (χ0) is 21.1. The summed E-state index contributed by atoms with van der Waals surface area (Å²) in [7, 11) is 1.42. The number of methoxy groups -OCH3 is 1. The van der Waals surface area contributed by atoms with Crippen molar-refractivity contribution in [3.8, 4) is 5.75 Å². The first-order valence-corrected chi connectivity index (χ1v) is 10.5. The van der Waals surface area contributed by atoms with Crippen LogP contribution in [0.1, 0.15) is 41.9 Å². The maximum absolute atomic E-state index is 13.9. The van der Waals surface area contributed by atoms with Gasteiger partial charge in [-0.3, -0.25) is 4.79 Å². The number of aromatic nitrogens is 4. The number of carbonyl (C=O) groups excluding carboxylic acids is 1. The maximum Gasteiger partial charge on any atom is 0.253 e. The maximum atomic E-state index is 13.9. The van der Waals surface area contributed by atoms with Gasteiger partial charge in [0.25, 0.3) is 5.78 Å². The Balaban J connectivity index is 1.68. The number of benzene rings is 1. The van der Waals surface area contributed by atoms with Crippen molar-refractivity contribution in [2.24, 2.45) is 0 Å². The predicted molar refractivity (Wildman–Crippen MR) is 110 cm³/mol. The third kappa shape index (κ3) is 4.50. The second-order valence-electron chi connectivity index (χ2n) is 6.75. The minimum atomic E-state index is -0.450. The molecule has 3 aromatic rings. The van der Waals surface area contributed by atoms with Gasteiger partial charge in [-0.25, -0.2) is 13.9 Å². The van der Waals surface area contributed by atoms with Gasteiger partial charge in [0.05, 0.1) is 13.2 Å². The summed E-state index contributed by atoms with van der Waals surface area (Å²) in [6.45, 7) is 5.69. The number of ether oxygens (including phenoxy) is 1. The molecule has 0 aliphatic carbocycles. The highest BCUT2D eigenvalue weighted by Gasteiger charge is 2.16. The summed E-state index contributed by atoms with van der Waals surface area (Å²) in [6.07, 6.45) is 2.74. The molecule has 7 nitrogen and oxygen atoms in total. The first-order valence-electron chi connectivity index (χ1n) is 9.23. The quantitative estimate of drug-likeness (QED) is 0.593. The first kappa shape index (κ1) is 21.0. The third-order valence-electron chi connectivity index (χ3n) is 4.87. The van der Waals surface area contributed by atoms with Crippen LogP contribution in [0.5, 0.6) is 5.75 Å². The molecule has 2 heterocycles. The van der Waals surface area contributed by atoms with Crippen molar-refractivity contribution in [2.75, 3.05) is 13.4 Å². The van der Waals surface area contributed by atoms with Gasteiger partial charge in [0, 0.05) is 17.8 Å². The lowest BCUT2D eigenvalue weighted by atomic mass is 10.0. The van der Waals surface area contributed by atoms with Crippen molar-refractivity contribution in [3.05, 3.63) is 46.5 Å². The van der Waals surface area contributed by atoms with Crippen molar-refractivity contribution in [3.63, 3.8) is 0 Å².